The molecule has 4 aromatic rings. The molecule has 0 aliphatic rings. The van der Waals surface area contributed by atoms with Gasteiger partial charge in [0.2, 0.25) is 0 Å². The molecule has 2 heteroatoms. The molecule has 0 heterocycles. The van der Waals surface area contributed by atoms with Crippen molar-refractivity contribution in [1.82, 2.24) is 0 Å². The molecule has 4 rings (SSSR count). The van der Waals surface area contributed by atoms with Crippen molar-refractivity contribution >= 4 is 23.2 Å². The largest absolute Gasteiger partial charge is 1.00 e. The van der Waals surface area contributed by atoms with Crippen LogP contribution in [0.5, 0.6) is 0 Å². The van der Waals surface area contributed by atoms with E-state index in [2.05, 4.69) is 122 Å². The highest BCUT2D eigenvalue weighted by atomic mass is 127. The normalized spacial score (nSPS) is 10.9. The van der Waals surface area contributed by atoms with Gasteiger partial charge >= 0.3 is 0 Å². The lowest BCUT2D eigenvalue weighted by Crippen LogP contribution is -3.00. The topological polar surface area (TPSA) is 0 Å². The zero-order valence-electron chi connectivity index (χ0n) is 16.7. The minimum Gasteiger partial charge on any atom is -1.00 e. The monoisotopic (exact) mass is 508 g/mol. The molecule has 29 heavy (non-hydrogen) atoms. The van der Waals surface area contributed by atoms with Crippen LogP contribution in [0.15, 0.2) is 115 Å². The Hall–Kier alpha value is -1.96. The van der Waals surface area contributed by atoms with E-state index in [-0.39, 0.29) is 24.0 Å². The first-order valence-corrected chi connectivity index (χ1v) is 11.9. The highest BCUT2D eigenvalue weighted by Gasteiger charge is 2.44. The molecule has 0 nitrogen and oxygen atoms in total. The molecule has 0 bridgehead atoms. The Morgan fingerprint density at radius 3 is 1.28 bits per heavy atom. The van der Waals surface area contributed by atoms with Crippen molar-refractivity contribution in [3.8, 4) is 0 Å². The number of hydrogen-bond acceptors (Lipinski definition) is 0. The van der Waals surface area contributed by atoms with E-state index in [1.165, 1.54) is 27.0 Å². The first-order valence-electron chi connectivity index (χ1n) is 9.89. The summed E-state index contributed by atoms with van der Waals surface area (Å²) in [5, 5.41) is 4.37. The van der Waals surface area contributed by atoms with Gasteiger partial charge in [-0.1, -0.05) is 84.4 Å². The van der Waals surface area contributed by atoms with Gasteiger partial charge in [0.05, 0.1) is 6.16 Å². The van der Waals surface area contributed by atoms with Gasteiger partial charge in [-0.25, -0.2) is 0 Å². The predicted octanol–water partition coefficient (Wildman–Crippen LogP) is 2.54. The Bertz CT molecular complexity index is 900. The lowest BCUT2D eigenvalue weighted by Gasteiger charge is -2.27. The Kier molecular flexibility index (Phi) is 7.64. The summed E-state index contributed by atoms with van der Waals surface area (Å²) in [6.45, 7) is 2.15. The zero-order valence-corrected chi connectivity index (χ0v) is 19.8. The second-order valence-corrected chi connectivity index (χ2v) is 10.9. The molecule has 0 N–H and O–H groups in total. The molecule has 0 aliphatic carbocycles. The second kappa shape index (κ2) is 10.2. The summed E-state index contributed by atoms with van der Waals surface area (Å²) in [6.07, 6.45) is 2.21. The van der Waals surface area contributed by atoms with Crippen molar-refractivity contribution in [2.75, 3.05) is 6.16 Å². The smallest absolute Gasteiger partial charge is 0.112 e. The highest BCUT2D eigenvalue weighted by Crippen LogP contribution is 2.55. The van der Waals surface area contributed by atoms with Crippen LogP contribution in [-0.4, -0.2) is 6.16 Å². The Labute approximate surface area is 192 Å². The van der Waals surface area contributed by atoms with Crippen LogP contribution in [0.2, 0.25) is 0 Å². The second-order valence-electron chi connectivity index (χ2n) is 7.28. The van der Waals surface area contributed by atoms with Gasteiger partial charge in [0, 0.05) is 6.42 Å². The van der Waals surface area contributed by atoms with Gasteiger partial charge in [-0.05, 0) is 48.9 Å². The SMILES string of the molecule is Cc1ccc(CC[P+](c2ccccc2)(c2ccccc2)c2ccccc2)cc1.[I-]. The zero-order chi connectivity index (χ0) is 19.2. The third-order valence-electron chi connectivity index (χ3n) is 5.45. The minimum atomic E-state index is -1.73. The molecule has 146 valence electrons. The molecule has 0 amide bonds. The molecule has 4 aromatic carbocycles. The summed E-state index contributed by atoms with van der Waals surface area (Å²) in [6, 6.07) is 42.4. The Morgan fingerprint density at radius 2 is 0.897 bits per heavy atom. The summed E-state index contributed by atoms with van der Waals surface area (Å²) in [5.74, 6) is 0. The first kappa shape index (κ1) is 21.7. The van der Waals surface area contributed by atoms with Crippen LogP contribution in [0, 0.1) is 6.92 Å². The van der Waals surface area contributed by atoms with Crippen LogP contribution in [0.25, 0.3) is 0 Å². The van der Waals surface area contributed by atoms with Crippen LogP contribution < -0.4 is 39.9 Å². The van der Waals surface area contributed by atoms with E-state index >= 15 is 0 Å². The molecule has 0 saturated carbocycles. The van der Waals surface area contributed by atoms with E-state index < -0.39 is 7.26 Å². The summed E-state index contributed by atoms with van der Waals surface area (Å²) < 4.78 is 0. The van der Waals surface area contributed by atoms with Crippen molar-refractivity contribution < 1.29 is 24.0 Å². The molecule has 0 aliphatic heterocycles. The van der Waals surface area contributed by atoms with E-state index in [4.69, 9.17) is 0 Å². The van der Waals surface area contributed by atoms with Crippen molar-refractivity contribution in [3.63, 3.8) is 0 Å². The van der Waals surface area contributed by atoms with Gasteiger partial charge in [-0.3, -0.25) is 0 Å². The Balaban J connectivity index is 0.00000240. The van der Waals surface area contributed by atoms with Crippen LogP contribution in [0.4, 0.5) is 0 Å². The number of rotatable bonds is 6. The number of hydrogen-bond donors (Lipinski definition) is 0. The molecule has 0 saturated heterocycles. The summed E-state index contributed by atoms with van der Waals surface area (Å²) in [5.41, 5.74) is 2.73. The van der Waals surface area contributed by atoms with Crippen LogP contribution in [-0.2, 0) is 6.42 Å². The maximum Gasteiger partial charge on any atom is 0.112 e. The van der Waals surface area contributed by atoms with E-state index in [0.29, 0.717) is 0 Å². The first-order chi connectivity index (χ1) is 13.8. The average molecular weight is 508 g/mol. The Morgan fingerprint density at radius 1 is 0.517 bits per heavy atom. The molecule has 0 atom stereocenters. The summed E-state index contributed by atoms with van der Waals surface area (Å²) in [4.78, 5) is 0. The van der Waals surface area contributed by atoms with Gasteiger partial charge in [0.1, 0.15) is 23.2 Å². The third kappa shape index (κ3) is 4.79. The van der Waals surface area contributed by atoms with E-state index in [9.17, 15) is 0 Å². The minimum absolute atomic E-state index is 0. The third-order valence-corrected chi connectivity index (χ3v) is 9.88. The van der Waals surface area contributed by atoms with Gasteiger partial charge in [-0.2, -0.15) is 0 Å². The van der Waals surface area contributed by atoms with E-state index in [0.717, 1.165) is 12.6 Å². The fourth-order valence-electron chi connectivity index (χ4n) is 3.93. The fraction of sp³-hybridized carbons (Fsp3) is 0.111. The van der Waals surface area contributed by atoms with Gasteiger partial charge in [0.25, 0.3) is 0 Å². The highest BCUT2D eigenvalue weighted by molar-refractivity contribution is 7.95. The molecule has 0 fully saturated rings. The molecular formula is C27H26IP. The van der Waals surface area contributed by atoms with Crippen LogP contribution in [0.1, 0.15) is 11.1 Å². The molecule has 0 radical (unpaired) electrons. The van der Waals surface area contributed by atoms with E-state index in [1.807, 2.05) is 0 Å². The van der Waals surface area contributed by atoms with Gasteiger partial charge < -0.3 is 24.0 Å². The van der Waals surface area contributed by atoms with Crippen molar-refractivity contribution in [3.05, 3.63) is 126 Å². The van der Waals surface area contributed by atoms with Crippen LogP contribution >= 0.6 is 7.26 Å². The lowest BCUT2D eigenvalue weighted by molar-refractivity contribution is -0.00000550. The van der Waals surface area contributed by atoms with Crippen molar-refractivity contribution in [2.24, 2.45) is 0 Å². The quantitative estimate of drug-likeness (QED) is 0.278. The molecule has 0 spiro atoms. The van der Waals surface area contributed by atoms with Gasteiger partial charge in [0.15, 0.2) is 0 Å². The van der Waals surface area contributed by atoms with Crippen LogP contribution in [0.3, 0.4) is 0 Å². The summed E-state index contributed by atoms with van der Waals surface area (Å²) in [7, 11) is -1.73. The number of benzene rings is 4. The summed E-state index contributed by atoms with van der Waals surface area (Å²) >= 11 is 0. The molecule has 0 aromatic heterocycles. The van der Waals surface area contributed by atoms with Crippen molar-refractivity contribution in [1.29, 1.82) is 0 Å². The number of aryl methyl sites for hydroxylation is 2. The fourth-order valence-corrected chi connectivity index (χ4v) is 8.24. The average Bonchev–Trinajstić information content (AvgIpc) is 2.78. The number of halogens is 1. The van der Waals surface area contributed by atoms with E-state index in [1.54, 1.807) is 0 Å². The van der Waals surface area contributed by atoms with Gasteiger partial charge in [-0.15, -0.1) is 0 Å². The maximum absolute atomic E-state index is 2.32. The molecular weight excluding hydrogens is 482 g/mol. The standard InChI is InChI=1S/C27H26P.HI/c1-23-17-19-24(20-18-23)21-22-28(25-11-5-2-6-12-25,26-13-7-3-8-14-26)27-15-9-4-10-16-27;/h2-20H,21-22H2,1H3;1H/q+1;/p-1. The predicted molar refractivity (Wildman–Crippen MR) is 125 cm³/mol. The molecule has 0 unspecified atom stereocenters. The maximum atomic E-state index is 2.32. The van der Waals surface area contributed by atoms with Crippen molar-refractivity contribution in [2.45, 2.75) is 13.3 Å². The lowest BCUT2D eigenvalue weighted by atomic mass is 10.1.